The Morgan fingerprint density at radius 1 is 1.41 bits per heavy atom. The molecular formula is C14H26N2O. The lowest BCUT2D eigenvalue weighted by molar-refractivity contribution is -0.136. The number of hydrogen-bond donors (Lipinski definition) is 1. The van der Waals surface area contributed by atoms with Crippen molar-refractivity contribution in [2.45, 2.75) is 39.5 Å². The maximum Gasteiger partial charge on any atom is 0.225 e. The molecule has 0 radical (unpaired) electrons. The third kappa shape index (κ3) is 3.44. The van der Waals surface area contributed by atoms with E-state index in [1.54, 1.807) is 0 Å². The third-order valence-corrected chi connectivity index (χ3v) is 4.29. The largest absolute Gasteiger partial charge is 0.342 e. The maximum absolute atomic E-state index is 12.3. The Morgan fingerprint density at radius 2 is 2.18 bits per heavy atom. The fraction of sp³-hybridized carbons (Fsp3) is 0.929. The average Bonchev–Trinajstić information content (AvgIpc) is 3.19. The Balaban J connectivity index is 1.83. The molecule has 0 aromatic carbocycles. The molecule has 0 aromatic heterocycles. The summed E-state index contributed by atoms with van der Waals surface area (Å²) in [6.45, 7) is 8.28. The van der Waals surface area contributed by atoms with Crippen molar-refractivity contribution in [1.29, 1.82) is 0 Å². The van der Waals surface area contributed by atoms with Crippen LogP contribution in [0.4, 0.5) is 0 Å². The average molecular weight is 238 g/mol. The topological polar surface area (TPSA) is 32.3 Å². The van der Waals surface area contributed by atoms with Crippen molar-refractivity contribution in [3.63, 3.8) is 0 Å². The molecule has 1 aliphatic heterocycles. The lowest BCUT2D eigenvalue weighted by Crippen LogP contribution is -2.43. The van der Waals surface area contributed by atoms with Crippen molar-refractivity contribution < 1.29 is 4.79 Å². The lowest BCUT2D eigenvalue weighted by Gasteiger charge is -2.31. The van der Waals surface area contributed by atoms with Gasteiger partial charge in [-0.2, -0.15) is 0 Å². The third-order valence-electron chi connectivity index (χ3n) is 4.29. The van der Waals surface area contributed by atoms with E-state index in [1.165, 1.54) is 25.7 Å². The van der Waals surface area contributed by atoms with Crippen molar-refractivity contribution in [2.24, 2.45) is 17.8 Å². The number of hydrogen-bond acceptors (Lipinski definition) is 2. The Morgan fingerprint density at radius 3 is 2.71 bits per heavy atom. The first-order valence-electron chi connectivity index (χ1n) is 7.22. The van der Waals surface area contributed by atoms with Crippen LogP contribution in [0.1, 0.15) is 39.5 Å². The standard InChI is InChI=1S/C14H26N2O/c1-3-16(10-12-5-4-8-15-9-12)14(17)11(2)13-6-7-13/h11-13,15H,3-10H2,1-2H3. The predicted molar refractivity (Wildman–Crippen MR) is 69.7 cm³/mol. The van der Waals surface area contributed by atoms with Crippen LogP contribution in [0.5, 0.6) is 0 Å². The van der Waals surface area contributed by atoms with Gasteiger partial charge in [0.15, 0.2) is 0 Å². The number of piperidine rings is 1. The van der Waals surface area contributed by atoms with Crippen LogP contribution in [-0.2, 0) is 4.79 Å². The Hall–Kier alpha value is -0.570. The van der Waals surface area contributed by atoms with Gasteiger partial charge >= 0.3 is 0 Å². The Labute approximate surface area is 105 Å². The van der Waals surface area contributed by atoms with Crippen LogP contribution in [0.15, 0.2) is 0 Å². The molecule has 2 aliphatic rings. The second-order valence-electron chi connectivity index (χ2n) is 5.72. The molecular weight excluding hydrogens is 212 g/mol. The van der Waals surface area contributed by atoms with Gasteiger partial charge in [0.05, 0.1) is 0 Å². The zero-order valence-corrected chi connectivity index (χ0v) is 11.2. The molecule has 1 N–H and O–H groups in total. The minimum Gasteiger partial charge on any atom is -0.342 e. The van der Waals surface area contributed by atoms with E-state index in [4.69, 9.17) is 0 Å². The first-order valence-corrected chi connectivity index (χ1v) is 7.22. The zero-order chi connectivity index (χ0) is 12.3. The van der Waals surface area contributed by atoms with Gasteiger partial charge in [-0.1, -0.05) is 6.92 Å². The molecule has 3 heteroatoms. The van der Waals surface area contributed by atoms with Gasteiger partial charge in [0.25, 0.3) is 0 Å². The smallest absolute Gasteiger partial charge is 0.225 e. The minimum absolute atomic E-state index is 0.256. The van der Waals surface area contributed by atoms with Crippen LogP contribution < -0.4 is 5.32 Å². The van der Waals surface area contributed by atoms with Gasteiger partial charge in [0, 0.05) is 19.0 Å². The summed E-state index contributed by atoms with van der Waals surface area (Å²) in [6, 6.07) is 0. The summed E-state index contributed by atoms with van der Waals surface area (Å²) in [7, 11) is 0. The fourth-order valence-corrected chi connectivity index (χ4v) is 2.85. The van der Waals surface area contributed by atoms with E-state index in [0.717, 1.165) is 26.2 Å². The van der Waals surface area contributed by atoms with Gasteiger partial charge in [-0.15, -0.1) is 0 Å². The number of rotatable bonds is 5. The van der Waals surface area contributed by atoms with Gasteiger partial charge in [-0.3, -0.25) is 4.79 Å². The summed E-state index contributed by atoms with van der Waals surface area (Å²) < 4.78 is 0. The van der Waals surface area contributed by atoms with Crippen LogP contribution in [0.25, 0.3) is 0 Å². The summed E-state index contributed by atoms with van der Waals surface area (Å²) in [5.74, 6) is 1.99. The van der Waals surface area contributed by atoms with Gasteiger partial charge < -0.3 is 10.2 Å². The van der Waals surface area contributed by atoms with Crippen LogP contribution >= 0.6 is 0 Å². The first kappa shape index (κ1) is 12.9. The predicted octanol–water partition coefficient (Wildman–Crippen LogP) is 1.88. The number of carbonyl (C=O) groups excluding carboxylic acids is 1. The van der Waals surface area contributed by atoms with E-state index < -0.39 is 0 Å². The van der Waals surface area contributed by atoms with E-state index in [1.807, 2.05) is 0 Å². The van der Waals surface area contributed by atoms with Gasteiger partial charge in [-0.25, -0.2) is 0 Å². The van der Waals surface area contributed by atoms with Crippen molar-refractivity contribution >= 4 is 5.91 Å². The summed E-state index contributed by atoms with van der Waals surface area (Å²) >= 11 is 0. The summed E-state index contributed by atoms with van der Waals surface area (Å²) in [6.07, 6.45) is 5.05. The fourth-order valence-electron chi connectivity index (χ4n) is 2.85. The molecule has 3 nitrogen and oxygen atoms in total. The molecule has 1 heterocycles. The van der Waals surface area contributed by atoms with Gasteiger partial charge in [-0.05, 0) is 57.5 Å². The van der Waals surface area contributed by atoms with Crippen LogP contribution in [0.3, 0.4) is 0 Å². The monoisotopic (exact) mass is 238 g/mol. The highest BCUT2D eigenvalue weighted by atomic mass is 16.2. The number of carbonyl (C=O) groups is 1. The minimum atomic E-state index is 0.256. The van der Waals surface area contributed by atoms with E-state index in [2.05, 4.69) is 24.1 Å². The summed E-state index contributed by atoms with van der Waals surface area (Å²) in [5, 5.41) is 3.43. The van der Waals surface area contributed by atoms with Crippen LogP contribution in [-0.4, -0.2) is 37.0 Å². The molecule has 2 rings (SSSR count). The van der Waals surface area contributed by atoms with Gasteiger partial charge in [0.2, 0.25) is 5.91 Å². The maximum atomic E-state index is 12.3. The number of nitrogens with one attached hydrogen (secondary N) is 1. The molecule has 2 atom stereocenters. The second-order valence-corrected chi connectivity index (χ2v) is 5.72. The SMILES string of the molecule is CCN(CC1CCCNC1)C(=O)C(C)C1CC1. The summed E-state index contributed by atoms with van der Waals surface area (Å²) in [4.78, 5) is 14.4. The zero-order valence-electron chi connectivity index (χ0n) is 11.2. The molecule has 1 amide bonds. The normalized spacial score (nSPS) is 26.6. The molecule has 17 heavy (non-hydrogen) atoms. The lowest BCUT2D eigenvalue weighted by atomic mass is 9.97. The highest BCUT2D eigenvalue weighted by Gasteiger charge is 2.35. The highest BCUT2D eigenvalue weighted by molar-refractivity contribution is 5.79. The van der Waals surface area contributed by atoms with E-state index in [0.29, 0.717) is 17.7 Å². The van der Waals surface area contributed by atoms with Crippen molar-refractivity contribution in [2.75, 3.05) is 26.2 Å². The number of nitrogens with zero attached hydrogens (tertiary/aromatic N) is 1. The van der Waals surface area contributed by atoms with Gasteiger partial charge in [0.1, 0.15) is 0 Å². The molecule has 1 aliphatic carbocycles. The van der Waals surface area contributed by atoms with E-state index in [9.17, 15) is 4.79 Å². The Bertz CT molecular complexity index is 257. The number of amides is 1. The van der Waals surface area contributed by atoms with Crippen LogP contribution in [0.2, 0.25) is 0 Å². The highest BCUT2D eigenvalue weighted by Crippen LogP contribution is 2.37. The molecule has 0 aromatic rings. The summed E-state index contributed by atoms with van der Waals surface area (Å²) in [5.41, 5.74) is 0. The van der Waals surface area contributed by atoms with Crippen molar-refractivity contribution in [3.8, 4) is 0 Å². The van der Waals surface area contributed by atoms with Crippen molar-refractivity contribution in [3.05, 3.63) is 0 Å². The molecule has 2 unspecified atom stereocenters. The van der Waals surface area contributed by atoms with Crippen LogP contribution in [0, 0.1) is 17.8 Å². The van der Waals surface area contributed by atoms with E-state index >= 15 is 0 Å². The molecule has 2 fully saturated rings. The molecule has 1 saturated carbocycles. The first-order chi connectivity index (χ1) is 8.22. The molecule has 0 spiro atoms. The van der Waals surface area contributed by atoms with Crippen molar-refractivity contribution in [1.82, 2.24) is 10.2 Å². The molecule has 1 saturated heterocycles. The van der Waals surface area contributed by atoms with E-state index in [-0.39, 0.29) is 5.92 Å². The second kappa shape index (κ2) is 5.85. The Kier molecular flexibility index (Phi) is 4.43. The quantitative estimate of drug-likeness (QED) is 0.793. The molecule has 98 valence electrons. The molecule has 0 bridgehead atoms.